The average Bonchev–Trinajstić information content (AvgIpc) is 2.93. The third-order valence-corrected chi connectivity index (χ3v) is 5.38. The Kier molecular flexibility index (Phi) is 4.70. The van der Waals surface area contributed by atoms with E-state index in [1.165, 1.54) is 11.3 Å². The molecule has 0 bridgehead atoms. The summed E-state index contributed by atoms with van der Waals surface area (Å²) in [5.74, 6) is -2.83. The van der Waals surface area contributed by atoms with Crippen molar-refractivity contribution in [1.29, 1.82) is 0 Å². The summed E-state index contributed by atoms with van der Waals surface area (Å²) in [6, 6.07) is 7.34. The van der Waals surface area contributed by atoms with Crippen molar-refractivity contribution in [1.82, 2.24) is 9.80 Å². The van der Waals surface area contributed by atoms with Gasteiger partial charge in [-0.1, -0.05) is 18.2 Å². The van der Waals surface area contributed by atoms with Crippen LogP contribution in [0.4, 0.5) is 13.2 Å². The molecule has 1 N–H and O–H groups in total. The molecule has 0 saturated carbocycles. The SMILES string of the molecule is O=C(O)c1sc2ccccc2c1CN1CCN(C(=O)C(F)(F)F)CC1. The Labute approximate surface area is 145 Å². The lowest BCUT2D eigenvalue weighted by Gasteiger charge is -2.35. The van der Waals surface area contributed by atoms with Crippen LogP contribution in [0, 0.1) is 0 Å². The smallest absolute Gasteiger partial charge is 0.471 e. The summed E-state index contributed by atoms with van der Waals surface area (Å²) in [7, 11) is 0. The predicted octanol–water partition coefficient (Wildman–Crippen LogP) is 2.81. The maximum Gasteiger partial charge on any atom is 0.471 e. The number of aromatic carboxylic acids is 1. The molecule has 1 aromatic carbocycles. The van der Waals surface area contributed by atoms with Crippen LogP contribution in [-0.4, -0.2) is 59.1 Å². The van der Waals surface area contributed by atoms with E-state index in [-0.39, 0.29) is 31.1 Å². The Morgan fingerprint density at radius 2 is 1.76 bits per heavy atom. The second-order valence-electron chi connectivity index (χ2n) is 5.78. The van der Waals surface area contributed by atoms with Gasteiger partial charge in [0.1, 0.15) is 4.88 Å². The van der Waals surface area contributed by atoms with Crippen LogP contribution in [0.5, 0.6) is 0 Å². The molecule has 1 aromatic heterocycles. The fourth-order valence-electron chi connectivity index (χ4n) is 2.94. The standard InChI is InChI=1S/C16H15F3N2O3S/c17-16(18,19)15(24)21-7-5-20(6-8-21)9-11-10-3-1-2-4-12(10)25-13(11)14(22)23/h1-4H,5-9H2,(H,22,23). The molecule has 0 atom stereocenters. The average molecular weight is 372 g/mol. The molecule has 0 spiro atoms. The van der Waals surface area contributed by atoms with Crippen LogP contribution in [0.1, 0.15) is 15.2 Å². The Hall–Kier alpha value is -2.13. The van der Waals surface area contributed by atoms with Crippen molar-refractivity contribution in [3.05, 3.63) is 34.7 Å². The molecule has 2 aromatic rings. The van der Waals surface area contributed by atoms with Gasteiger partial charge in [0.25, 0.3) is 0 Å². The van der Waals surface area contributed by atoms with Crippen molar-refractivity contribution >= 4 is 33.3 Å². The van der Waals surface area contributed by atoms with E-state index in [9.17, 15) is 27.9 Å². The lowest BCUT2D eigenvalue weighted by Crippen LogP contribution is -2.52. The first-order valence-corrected chi connectivity index (χ1v) is 8.41. The van der Waals surface area contributed by atoms with E-state index in [0.717, 1.165) is 15.0 Å². The summed E-state index contributed by atoms with van der Waals surface area (Å²) in [6.45, 7) is 0.821. The van der Waals surface area contributed by atoms with Crippen LogP contribution in [0.25, 0.3) is 10.1 Å². The zero-order chi connectivity index (χ0) is 18.2. The molecule has 134 valence electrons. The van der Waals surface area contributed by atoms with Crippen LogP contribution in [-0.2, 0) is 11.3 Å². The largest absolute Gasteiger partial charge is 0.477 e. The van der Waals surface area contributed by atoms with Crippen LogP contribution in [0.2, 0.25) is 0 Å². The van der Waals surface area contributed by atoms with Crippen molar-refractivity contribution in [3.63, 3.8) is 0 Å². The number of piperazine rings is 1. The highest BCUT2D eigenvalue weighted by atomic mass is 32.1. The molecule has 0 radical (unpaired) electrons. The third-order valence-electron chi connectivity index (χ3n) is 4.18. The van der Waals surface area contributed by atoms with Crippen LogP contribution < -0.4 is 0 Å². The number of rotatable bonds is 3. The van der Waals surface area contributed by atoms with E-state index in [1.54, 1.807) is 0 Å². The second-order valence-corrected chi connectivity index (χ2v) is 6.83. The molecule has 1 amide bonds. The highest BCUT2D eigenvalue weighted by Crippen LogP contribution is 2.32. The zero-order valence-electron chi connectivity index (χ0n) is 13.0. The lowest BCUT2D eigenvalue weighted by atomic mass is 10.1. The van der Waals surface area contributed by atoms with Gasteiger partial charge in [0.2, 0.25) is 0 Å². The molecule has 1 fully saturated rings. The summed E-state index contributed by atoms with van der Waals surface area (Å²) in [4.78, 5) is 25.7. The van der Waals surface area contributed by atoms with E-state index in [4.69, 9.17) is 0 Å². The maximum atomic E-state index is 12.5. The van der Waals surface area contributed by atoms with Gasteiger partial charge in [0.15, 0.2) is 0 Å². The van der Waals surface area contributed by atoms with Gasteiger partial charge < -0.3 is 10.0 Å². The zero-order valence-corrected chi connectivity index (χ0v) is 13.9. The molecule has 2 heterocycles. The first kappa shape index (κ1) is 17.7. The van der Waals surface area contributed by atoms with Gasteiger partial charge in [-0.05, 0) is 17.0 Å². The molecule has 1 saturated heterocycles. The molecule has 5 nitrogen and oxygen atoms in total. The number of carboxylic acids is 1. The van der Waals surface area contributed by atoms with Crippen molar-refractivity contribution < 1.29 is 27.9 Å². The third kappa shape index (κ3) is 3.62. The number of benzene rings is 1. The van der Waals surface area contributed by atoms with E-state index < -0.39 is 18.1 Å². The molecular formula is C16H15F3N2O3S. The van der Waals surface area contributed by atoms with Crippen LogP contribution >= 0.6 is 11.3 Å². The van der Waals surface area contributed by atoms with Crippen molar-refractivity contribution in [2.45, 2.75) is 12.7 Å². The number of hydrogen-bond donors (Lipinski definition) is 1. The van der Waals surface area contributed by atoms with Crippen LogP contribution in [0.15, 0.2) is 24.3 Å². The summed E-state index contributed by atoms with van der Waals surface area (Å²) in [5.41, 5.74) is 0.670. The molecule has 3 rings (SSSR count). The number of nitrogens with zero attached hydrogens (tertiary/aromatic N) is 2. The monoisotopic (exact) mass is 372 g/mol. The lowest BCUT2D eigenvalue weighted by molar-refractivity contribution is -0.187. The number of hydrogen-bond acceptors (Lipinski definition) is 4. The first-order chi connectivity index (χ1) is 11.8. The molecule has 0 aliphatic carbocycles. The number of alkyl halides is 3. The highest BCUT2D eigenvalue weighted by molar-refractivity contribution is 7.21. The normalized spacial score (nSPS) is 16.4. The Morgan fingerprint density at radius 1 is 1.12 bits per heavy atom. The van der Waals surface area contributed by atoms with Crippen LogP contribution in [0.3, 0.4) is 0 Å². The topological polar surface area (TPSA) is 60.9 Å². The number of halogens is 3. The Bertz CT molecular complexity index is 811. The minimum atomic E-state index is -4.86. The number of carboxylic acid groups (broad SMARTS) is 1. The highest BCUT2D eigenvalue weighted by Gasteiger charge is 2.43. The van der Waals surface area contributed by atoms with E-state index in [2.05, 4.69) is 0 Å². The van der Waals surface area contributed by atoms with E-state index in [1.807, 2.05) is 29.2 Å². The molecule has 1 aliphatic heterocycles. The fraction of sp³-hybridized carbons (Fsp3) is 0.375. The molecule has 0 unspecified atom stereocenters. The number of carbonyl (C=O) groups excluding carboxylic acids is 1. The van der Waals surface area contributed by atoms with Crippen molar-refractivity contribution in [3.8, 4) is 0 Å². The molecule has 9 heteroatoms. The van der Waals surface area contributed by atoms with E-state index >= 15 is 0 Å². The maximum absolute atomic E-state index is 12.5. The predicted molar refractivity (Wildman–Crippen MR) is 86.7 cm³/mol. The summed E-state index contributed by atoms with van der Waals surface area (Å²) in [6.07, 6.45) is -4.86. The molecule has 1 aliphatic rings. The number of thiophene rings is 1. The summed E-state index contributed by atoms with van der Waals surface area (Å²) in [5, 5.41) is 10.3. The minimum absolute atomic E-state index is 0.0250. The van der Waals surface area contributed by atoms with Gasteiger partial charge in [-0.3, -0.25) is 9.69 Å². The van der Waals surface area contributed by atoms with E-state index in [0.29, 0.717) is 12.1 Å². The van der Waals surface area contributed by atoms with Gasteiger partial charge >= 0.3 is 18.1 Å². The quantitative estimate of drug-likeness (QED) is 0.900. The van der Waals surface area contributed by atoms with Gasteiger partial charge in [0, 0.05) is 37.4 Å². The first-order valence-electron chi connectivity index (χ1n) is 7.59. The van der Waals surface area contributed by atoms with Crippen molar-refractivity contribution in [2.24, 2.45) is 0 Å². The summed E-state index contributed by atoms with van der Waals surface area (Å²) >= 11 is 1.19. The van der Waals surface area contributed by atoms with Gasteiger partial charge in [-0.2, -0.15) is 13.2 Å². The minimum Gasteiger partial charge on any atom is -0.477 e. The van der Waals surface area contributed by atoms with Gasteiger partial charge in [-0.25, -0.2) is 4.79 Å². The van der Waals surface area contributed by atoms with Crippen molar-refractivity contribution in [2.75, 3.05) is 26.2 Å². The Morgan fingerprint density at radius 3 is 2.36 bits per heavy atom. The number of fused-ring (bicyclic) bond motifs is 1. The number of carbonyl (C=O) groups is 2. The molecular weight excluding hydrogens is 357 g/mol. The van der Waals surface area contributed by atoms with Gasteiger partial charge in [-0.15, -0.1) is 11.3 Å². The Balaban J connectivity index is 1.74. The summed E-state index contributed by atoms with van der Waals surface area (Å²) < 4.78 is 38.3. The fourth-order valence-corrected chi connectivity index (χ4v) is 3.99. The molecule has 25 heavy (non-hydrogen) atoms. The van der Waals surface area contributed by atoms with Gasteiger partial charge in [0.05, 0.1) is 0 Å². The number of amides is 1. The second kappa shape index (κ2) is 6.64.